The fourth-order valence-electron chi connectivity index (χ4n) is 5.03. The van der Waals surface area contributed by atoms with Gasteiger partial charge >= 0.3 is 0 Å². The van der Waals surface area contributed by atoms with Crippen molar-refractivity contribution in [2.24, 2.45) is 0 Å². The van der Waals surface area contributed by atoms with Gasteiger partial charge in [0, 0.05) is 23.8 Å². The van der Waals surface area contributed by atoms with Gasteiger partial charge in [-0.05, 0) is 47.5 Å². The summed E-state index contributed by atoms with van der Waals surface area (Å²) in [4.78, 5) is 0. The molecule has 0 saturated heterocycles. The van der Waals surface area contributed by atoms with Gasteiger partial charge in [0.2, 0.25) is 5.69 Å². The standard InChI is InChI=1S/C29H27N2O4/c1-32-25-10-9-21-23(13-18-5-7-19(16-30)8-6-18)28-22-15-27(34-3)26(33-2)14-20(22)11-12-31(28)17-24(21)29(25)35-4/h5-10,14-15,17H,11-13H2,1-4H3/q+1. The van der Waals surface area contributed by atoms with Gasteiger partial charge in [-0.15, -0.1) is 0 Å². The predicted molar refractivity (Wildman–Crippen MR) is 133 cm³/mol. The highest BCUT2D eigenvalue weighted by atomic mass is 16.5. The van der Waals surface area contributed by atoms with Crippen LogP contribution in [0.25, 0.3) is 22.0 Å². The van der Waals surface area contributed by atoms with E-state index in [1.54, 1.807) is 28.4 Å². The third kappa shape index (κ3) is 3.79. The van der Waals surface area contributed by atoms with Crippen LogP contribution in [0.3, 0.4) is 0 Å². The molecule has 1 aliphatic heterocycles. The van der Waals surface area contributed by atoms with Crippen LogP contribution in [0.15, 0.2) is 54.7 Å². The number of fused-ring (bicyclic) bond motifs is 4. The number of nitriles is 1. The molecule has 3 aromatic carbocycles. The quantitative estimate of drug-likeness (QED) is 0.380. The number of hydrogen-bond acceptors (Lipinski definition) is 5. The third-order valence-corrected chi connectivity index (χ3v) is 6.72. The lowest BCUT2D eigenvalue weighted by Crippen LogP contribution is -2.41. The van der Waals surface area contributed by atoms with Crippen molar-refractivity contribution in [2.45, 2.75) is 19.4 Å². The largest absolute Gasteiger partial charge is 0.493 e. The highest BCUT2D eigenvalue weighted by Crippen LogP contribution is 2.43. The van der Waals surface area contributed by atoms with Gasteiger partial charge in [0.05, 0.1) is 51.0 Å². The first kappa shape index (κ1) is 22.5. The second-order valence-electron chi connectivity index (χ2n) is 8.51. The maximum Gasteiger partial charge on any atom is 0.217 e. The molecule has 0 fully saturated rings. The van der Waals surface area contributed by atoms with E-state index >= 15 is 0 Å². The van der Waals surface area contributed by atoms with Crippen LogP contribution in [0.4, 0.5) is 0 Å². The Morgan fingerprint density at radius 3 is 2.20 bits per heavy atom. The second-order valence-corrected chi connectivity index (χ2v) is 8.51. The van der Waals surface area contributed by atoms with Crippen molar-refractivity contribution >= 4 is 10.8 Å². The number of benzene rings is 3. The van der Waals surface area contributed by atoms with Gasteiger partial charge in [-0.25, -0.2) is 0 Å². The Bertz CT molecular complexity index is 1470. The molecule has 0 atom stereocenters. The van der Waals surface area contributed by atoms with E-state index in [2.05, 4.69) is 35.0 Å². The highest BCUT2D eigenvalue weighted by Gasteiger charge is 2.31. The Labute approximate surface area is 204 Å². The summed E-state index contributed by atoms with van der Waals surface area (Å²) in [7, 11) is 6.66. The maximum atomic E-state index is 9.22. The van der Waals surface area contributed by atoms with E-state index in [-0.39, 0.29) is 0 Å². The molecular formula is C29H27N2O4+. The molecule has 176 valence electrons. The zero-order valence-corrected chi connectivity index (χ0v) is 20.3. The lowest BCUT2D eigenvalue weighted by molar-refractivity contribution is -0.686. The first-order valence-corrected chi connectivity index (χ1v) is 11.5. The summed E-state index contributed by atoms with van der Waals surface area (Å²) in [6.45, 7) is 0.828. The number of aromatic nitrogens is 1. The summed E-state index contributed by atoms with van der Waals surface area (Å²) in [6.07, 6.45) is 3.73. The molecule has 4 aromatic rings. The van der Waals surface area contributed by atoms with Crippen molar-refractivity contribution in [1.82, 2.24) is 0 Å². The number of aryl methyl sites for hydroxylation is 2. The van der Waals surface area contributed by atoms with Gasteiger partial charge in [0.15, 0.2) is 35.7 Å². The van der Waals surface area contributed by atoms with E-state index in [4.69, 9.17) is 18.9 Å². The van der Waals surface area contributed by atoms with Gasteiger partial charge < -0.3 is 18.9 Å². The van der Waals surface area contributed by atoms with E-state index in [9.17, 15) is 5.26 Å². The summed E-state index contributed by atoms with van der Waals surface area (Å²) >= 11 is 0. The molecule has 1 aliphatic rings. The molecule has 6 nitrogen and oxygen atoms in total. The van der Waals surface area contributed by atoms with Crippen molar-refractivity contribution in [1.29, 1.82) is 5.26 Å². The molecule has 2 heterocycles. The zero-order valence-electron chi connectivity index (χ0n) is 20.3. The molecule has 0 spiro atoms. The highest BCUT2D eigenvalue weighted by molar-refractivity contribution is 5.95. The molecule has 0 aliphatic carbocycles. The van der Waals surface area contributed by atoms with Gasteiger partial charge in [0.25, 0.3) is 0 Å². The zero-order chi connectivity index (χ0) is 24.5. The fraction of sp³-hybridized carbons (Fsp3) is 0.241. The first-order chi connectivity index (χ1) is 17.1. The number of ether oxygens (including phenoxy) is 4. The van der Waals surface area contributed by atoms with Crippen LogP contribution >= 0.6 is 0 Å². The maximum absolute atomic E-state index is 9.22. The van der Waals surface area contributed by atoms with Gasteiger partial charge in [-0.2, -0.15) is 9.83 Å². The topological polar surface area (TPSA) is 64.6 Å². The lowest BCUT2D eigenvalue weighted by atomic mass is 9.88. The molecule has 0 saturated carbocycles. The number of rotatable bonds is 6. The number of nitrogens with zero attached hydrogens (tertiary/aromatic N) is 2. The smallest absolute Gasteiger partial charge is 0.217 e. The first-order valence-electron chi connectivity index (χ1n) is 11.5. The van der Waals surface area contributed by atoms with Crippen molar-refractivity contribution < 1.29 is 23.5 Å². The molecule has 6 heteroatoms. The molecule has 5 rings (SSSR count). The summed E-state index contributed by atoms with van der Waals surface area (Å²) < 4.78 is 24.9. The van der Waals surface area contributed by atoms with Crippen LogP contribution < -0.4 is 23.5 Å². The van der Waals surface area contributed by atoms with Crippen LogP contribution in [0, 0.1) is 11.3 Å². The lowest BCUT2D eigenvalue weighted by Gasteiger charge is -2.22. The Morgan fingerprint density at radius 2 is 1.54 bits per heavy atom. The molecular weight excluding hydrogens is 440 g/mol. The summed E-state index contributed by atoms with van der Waals surface area (Å²) in [5.74, 6) is 2.86. The molecule has 35 heavy (non-hydrogen) atoms. The van der Waals surface area contributed by atoms with Crippen molar-refractivity contribution in [3.05, 3.63) is 77.0 Å². The van der Waals surface area contributed by atoms with E-state index in [1.165, 1.54) is 11.1 Å². The Morgan fingerprint density at radius 1 is 0.829 bits per heavy atom. The van der Waals surface area contributed by atoms with E-state index < -0.39 is 0 Å². The normalized spacial score (nSPS) is 11.9. The molecule has 0 bridgehead atoms. The minimum Gasteiger partial charge on any atom is -0.493 e. The van der Waals surface area contributed by atoms with Crippen LogP contribution in [0.2, 0.25) is 0 Å². The number of pyridine rings is 1. The summed E-state index contributed by atoms with van der Waals surface area (Å²) in [5, 5.41) is 11.3. The Balaban J connectivity index is 1.81. The Kier molecular flexibility index (Phi) is 5.92. The van der Waals surface area contributed by atoms with Crippen LogP contribution in [-0.4, -0.2) is 28.4 Å². The number of hydrogen-bond donors (Lipinski definition) is 0. The number of methoxy groups -OCH3 is 4. The van der Waals surface area contributed by atoms with Crippen molar-refractivity contribution in [3.8, 4) is 40.3 Å². The van der Waals surface area contributed by atoms with Gasteiger partial charge in [0.1, 0.15) is 0 Å². The van der Waals surface area contributed by atoms with Crippen molar-refractivity contribution in [2.75, 3.05) is 28.4 Å². The van der Waals surface area contributed by atoms with E-state index in [1.807, 2.05) is 30.3 Å². The monoisotopic (exact) mass is 467 g/mol. The van der Waals surface area contributed by atoms with Gasteiger partial charge in [-0.1, -0.05) is 12.1 Å². The minimum absolute atomic E-state index is 0.650. The van der Waals surface area contributed by atoms with Crippen molar-refractivity contribution in [3.63, 3.8) is 0 Å². The average molecular weight is 468 g/mol. The van der Waals surface area contributed by atoms with Crippen LogP contribution in [-0.2, 0) is 19.4 Å². The molecule has 0 unspecified atom stereocenters. The molecule has 0 N–H and O–H groups in total. The SMILES string of the molecule is COc1cc2c(cc1OC)-c1c(Cc3ccc(C#N)cc3)c3ccc(OC)c(OC)c3c[n+]1CC2. The molecule has 1 aromatic heterocycles. The second kappa shape index (κ2) is 9.19. The average Bonchev–Trinajstić information content (AvgIpc) is 2.91. The minimum atomic E-state index is 0.650. The van der Waals surface area contributed by atoms with E-state index in [0.717, 1.165) is 52.1 Å². The fourth-order valence-corrected chi connectivity index (χ4v) is 5.03. The Hall–Kier alpha value is -4.24. The summed E-state index contributed by atoms with van der Waals surface area (Å²) in [5.41, 5.74) is 6.47. The van der Waals surface area contributed by atoms with Crippen LogP contribution in [0.5, 0.6) is 23.0 Å². The summed E-state index contributed by atoms with van der Waals surface area (Å²) in [6, 6.07) is 18.2. The van der Waals surface area contributed by atoms with Gasteiger partial charge in [-0.3, -0.25) is 0 Å². The predicted octanol–water partition coefficient (Wildman–Crippen LogP) is 4.85. The third-order valence-electron chi connectivity index (χ3n) is 6.72. The van der Waals surface area contributed by atoms with Crippen LogP contribution in [0.1, 0.15) is 22.3 Å². The molecule has 0 radical (unpaired) electrons. The van der Waals surface area contributed by atoms with E-state index in [0.29, 0.717) is 23.5 Å². The molecule has 0 amide bonds.